The summed E-state index contributed by atoms with van der Waals surface area (Å²) in [6.07, 6.45) is 5.29. The third kappa shape index (κ3) is 4.20. The van der Waals surface area contributed by atoms with Crippen LogP contribution in [0.4, 0.5) is 0 Å². The number of pyridine rings is 1. The molecule has 1 fully saturated rings. The highest BCUT2D eigenvalue weighted by molar-refractivity contribution is 5.93. The van der Waals surface area contributed by atoms with Gasteiger partial charge in [-0.2, -0.15) is 0 Å². The number of nitrogens with zero attached hydrogens (tertiary/aromatic N) is 5. The average Bonchev–Trinajstić information content (AvgIpc) is 3.11. The van der Waals surface area contributed by atoms with Crippen LogP contribution in [0.15, 0.2) is 48.8 Å². The van der Waals surface area contributed by atoms with Gasteiger partial charge in [0.1, 0.15) is 12.4 Å². The van der Waals surface area contributed by atoms with E-state index in [1.165, 1.54) is 0 Å². The molecule has 2 aromatic heterocycles. The number of fused-ring (bicyclic) bond motifs is 1. The maximum atomic E-state index is 13.0. The molecule has 1 aliphatic heterocycles. The molecule has 1 aliphatic rings. The van der Waals surface area contributed by atoms with Crippen LogP contribution >= 0.6 is 0 Å². The van der Waals surface area contributed by atoms with E-state index in [0.29, 0.717) is 23.9 Å². The van der Waals surface area contributed by atoms with Crippen molar-refractivity contribution in [2.45, 2.75) is 32.9 Å². The molecule has 0 unspecified atom stereocenters. The van der Waals surface area contributed by atoms with Crippen LogP contribution in [0, 0.1) is 5.92 Å². The van der Waals surface area contributed by atoms with Crippen molar-refractivity contribution in [1.29, 1.82) is 0 Å². The number of piperidine rings is 1. The molecular weight excluding hydrogens is 378 g/mol. The lowest BCUT2D eigenvalue weighted by molar-refractivity contribution is -0.133. The van der Waals surface area contributed by atoms with Gasteiger partial charge in [0, 0.05) is 32.5 Å². The smallest absolute Gasteiger partial charge is 0.255 e. The Bertz CT molecular complexity index is 1040. The molecular formula is C23H27N5O2. The predicted molar refractivity (Wildman–Crippen MR) is 115 cm³/mol. The summed E-state index contributed by atoms with van der Waals surface area (Å²) >= 11 is 0. The lowest BCUT2D eigenvalue weighted by Crippen LogP contribution is -2.40. The van der Waals surface area contributed by atoms with Crippen molar-refractivity contribution in [3.8, 4) is 0 Å². The SMILES string of the molecule is CC1CCN(C(=O)Cn2c(CN(C)C(=O)c3cccnc3)nc3ccccc32)CC1. The molecule has 30 heavy (non-hydrogen) atoms. The molecule has 0 saturated carbocycles. The molecule has 0 bridgehead atoms. The minimum Gasteiger partial charge on any atom is -0.341 e. The molecule has 0 radical (unpaired) electrons. The number of carbonyl (C=O) groups excluding carboxylic acids is 2. The van der Waals surface area contributed by atoms with Crippen LogP contribution in [0.5, 0.6) is 0 Å². The first kappa shape index (κ1) is 20.1. The number of hydrogen-bond donors (Lipinski definition) is 0. The van der Waals surface area contributed by atoms with Gasteiger partial charge in [0.25, 0.3) is 5.91 Å². The van der Waals surface area contributed by atoms with E-state index in [9.17, 15) is 9.59 Å². The fourth-order valence-electron chi connectivity index (χ4n) is 3.91. The van der Waals surface area contributed by atoms with Gasteiger partial charge in [0.2, 0.25) is 5.91 Å². The maximum Gasteiger partial charge on any atom is 0.255 e. The quantitative estimate of drug-likeness (QED) is 0.654. The van der Waals surface area contributed by atoms with E-state index in [1.54, 1.807) is 36.5 Å². The van der Waals surface area contributed by atoms with Gasteiger partial charge in [0.05, 0.1) is 23.1 Å². The summed E-state index contributed by atoms with van der Waals surface area (Å²) in [5.41, 5.74) is 2.27. The van der Waals surface area contributed by atoms with Crippen molar-refractivity contribution in [1.82, 2.24) is 24.3 Å². The average molecular weight is 406 g/mol. The first-order valence-corrected chi connectivity index (χ1v) is 10.4. The number of imidazole rings is 1. The third-order valence-electron chi connectivity index (χ3n) is 5.80. The lowest BCUT2D eigenvalue weighted by atomic mass is 9.99. The molecule has 3 heterocycles. The fraction of sp³-hybridized carbons (Fsp3) is 0.391. The molecule has 0 N–H and O–H groups in total. The van der Waals surface area contributed by atoms with Crippen LogP contribution in [0.2, 0.25) is 0 Å². The number of benzene rings is 1. The van der Waals surface area contributed by atoms with Crippen LogP contribution < -0.4 is 0 Å². The molecule has 0 atom stereocenters. The monoisotopic (exact) mass is 405 g/mol. The normalized spacial score (nSPS) is 14.8. The highest BCUT2D eigenvalue weighted by atomic mass is 16.2. The zero-order valence-electron chi connectivity index (χ0n) is 17.5. The predicted octanol–water partition coefficient (Wildman–Crippen LogP) is 2.96. The fourth-order valence-corrected chi connectivity index (χ4v) is 3.91. The number of rotatable bonds is 5. The van der Waals surface area contributed by atoms with E-state index in [4.69, 9.17) is 4.98 Å². The zero-order valence-corrected chi connectivity index (χ0v) is 17.5. The van der Waals surface area contributed by atoms with Gasteiger partial charge in [-0.15, -0.1) is 0 Å². The minimum absolute atomic E-state index is 0.104. The van der Waals surface area contributed by atoms with E-state index in [2.05, 4.69) is 11.9 Å². The standard InChI is InChI=1S/C23H27N5O2/c1-17-9-12-27(13-10-17)22(29)16-28-20-8-4-3-7-19(20)25-21(28)15-26(2)23(30)18-6-5-11-24-14-18/h3-8,11,14,17H,9-10,12-13,15-16H2,1-2H3. The second-order valence-electron chi connectivity index (χ2n) is 8.07. The Morgan fingerprint density at radius 3 is 2.63 bits per heavy atom. The van der Waals surface area contributed by atoms with Gasteiger partial charge in [0.15, 0.2) is 0 Å². The molecule has 1 aromatic carbocycles. The molecule has 7 heteroatoms. The van der Waals surface area contributed by atoms with Crippen LogP contribution in [0.1, 0.15) is 35.9 Å². The molecule has 0 aliphatic carbocycles. The Balaban J connectivity index is 1.57. The number of likely N-dealkylation sites (tertiary alicyclic amines) is 1. The molecule has 2 amide bonds. The summed E-state index contributed by atoms with van der Waals surface area (Å²) in [6, 6.07) is 11.3. The number of carbonyl (C=O) groups is 2. The highest BCUT2D eigenvalue weighted by Crippen LogP contribution is 2.20. The third-order valence-corrected chi connectivity index (χ3v) is 5.80. The first-order chi connectivity index (χ1) is 14.5. The van der Waals surface area contributed by atoms with Gasteiger partial charge in [-0.1, -0.05) is 19.1 Å². The Morgan fingerprint density at radius 1 is 1.13 bits per heavy atom. The maximum absolute atomic E-state index is 13.0. The van der Waals surface area contributed by atoms with Crippen LogP contribution in [0.25, 0.3) is 11.0 Å². The zero-order chi connectivity index (χ0) is 21.1. The highest BCUT2D eigenvalue weighted by Gasteiger charge is 2.23. The van der Waals surface area contributed by atoms with Crippen LogP contribution in [-0.4, -0.2) is 56.3 Å². The van der Waals surface area contributed by atoms with E-state index < -0.39 is 0 Å². The van der Waals surface area contributed by atoms with Gasteiger partial charge in [-0.05, 0) is 43.0 Å². The van der Waals surface area contributed by atoms with Crippen molar-refractivity contribution in [2.24, 2.45) is 5.92 Å². The van der Waals surface area contributed by atoms with E-state index in [1.807, 2.05) is 33.7 Å². The summed E-state index contributed by atoms with van der Waals surface area (Å²) < 4.78 is 1.95. The number of aromatic nitrogens is 3. The molecule has 156 valence electrons. The molecule has 3 aromatic rings. The van der Waals surface area contributed by atoms with Crippen molar-refractivity contribution in [2.75, 3.05) is 20.1 Å². The summed E-state index contributed by atoms with van der Waals surface area (Å²) in [4.78, 5) is 38.1. The molecule has 4 rings (SSSR count). The Kier molecular flexibility index (Phi) is 5.79. The first-order valence-electron chi connectivity index (χ1n) is 10.4. The second-order valence-corrected chi connectivity index (χ2v) is 8.07. The second kappa shape index (κ2) is 8.65. The van der Waals surface area contributed by atoms with Crippen molar-refractivity contribution in [3.05, 3.63) is 60.2 Å². The molecule has 7 nitrogen and oxygen atoms in total. The van der Waals surface area contributed by atoms with Crippen molar-refractivity contribution >= 4 is 22.8 Å². The van der Waals surface area contributed by atoms with Crippen molar-refractivity contribution in [3.63, 3.8) is 0 Å². The summed E-state index contributed by atoms with van der Waals surface area (Å²) in [7, 11) is 1.74. The number of amides is 2. The number of hydrogen-bond acceptors (Lipinski definition) is 4. The minimum atomic E-state index is -0.127. The number of para-hydroxylation sites is 2. The Hall–Kier alpha value is -3.22. The Morgan fingerprint density at radius 2 is 1.90 bits per heavy atom. The largest absolute Gasteiger partial charge is 0.341 e. The molecule has 0 spiro atoms. The van der Waals surface area contributed by atoms with Crippen LogP contribution in [0.3, 0.4) is 0 Å². The summed E-state index contributed by atoms with van der Waals surface area (Å²) in [5.74, 6) is 1.35. The lowest BCUT2D eigenvalue weighted by Gasteiger charge is -2.30. The molecule has 1 saturated heterocycles. The van der Waals surface area contributed by atoms with Gasteiger partial charge < -0.3 is 14.4 Å². The van der Waals surface area contributed by atoms with Crippen molar-refractivity contribution < 1.29 is 9.59 Å². The Labute approximate surface area is 176 Å². The topological polar surface area (TPSA) is 71.3 Å². The van der Waals surface area contributed by atoms with Gasteiger partial charge >= 0.3 is 0 Å². The summed E-state index contributed by atoms with van der Waals surface area (Å²) in [6.45, 7) is 4.40. The van der Waals surface area contributed by atoms with Gasteiger partial charge in [-0.25, -0.2) is 4.98 Å². The van der Waals surface area contributed by atoms with Gasteiger partial charge in [-0.3, -0.25) is 14.6 Å². The summed E-state index contributed by atoms with van der Waals surface area (Å²) in [5, 5.41) is 0. The van der Waals surface area contributed by atoms with E-state index in [-0.39, 0.29) is 18.4 Å². The van der Waals surface area contributed by atoms with E-state index >= 15 is 0 Å². The van der Waals surface area contributed by atoms with Crippen LogP contribution in [-0.2, 0) is 17.9 Å². The van der Waals surface area contributed by atoms with E-state index in [0.717, 1.165) is 37.0 Å².